The van der Waals surface area contributed by atoms with Gasteiger partial charge in [0.25, 0.3) is 0 Å². The van der Waals surface area contributed by atoms with Gasteiger partial charge in [-0.05, 0) is 12.1 Å². The van der Waals surface area contributed by atoms with E-state index < -0.39 is 0 Å². The van der Waals surface area contributed by atoms with Crippen molar-refractivity contribution in [3.63, 3.8) is 0 Å². The topological polar surface area (TPSA) is 72.0 Å². The van der Waals surface area contributed by atoms with Gasteiger partial charge in [-0.2, -0.15) is 0 Å². The van der Waals surface area contributed by atoms with Gasteiger partial charge in [-0.3, -0.25) is 5.41 Å². The third-order valence-electron chi connectivity index (χ3n) is 2.40. The Kier molecular flexibility index (Phi) is 3.05. The second kappa shape index (κ2) is 4.65. The van der Waals surface area contributed by atoms with E-state index in [0.717, 1.165) is 5.56 Å². The smallest absolute Gasteiger partial charge is 0.145 e. The second-order valence-electron chi connectivity index (χ2n) is 3.53. The third kappa shape index (κ3) is 2.25. The van der Waals surface area contributed by atoms with Gasteiger partial charge in [0, 0.05) is 5.56 Å². The molecule has 1 aromatic heterocycles. The number of pyridine rings is 1. The predicted molar refractivity (Wildman–Crippen MR) is 67.2 cm³/mol. The number of nitrogen functional groups attached to an aromatic ring is 1. The maximum absolute atomic E-state index is 7.40. The van der Waals surface area contributed by atoms with Gasteiger partial charge >= 0.3 is 0 Å². The Morgan fingerprint density at radius 2 is 1.88 bits per heavy atom. The highest BCUT2D eigenvalue weighted by molar-refractivity contribution is 5.93. The molecular weight excluding hydrogens is 214 g/mol. The number of nitrogens with zero attached hydrogens (tertiary/aromatic N) is 1. The van der Waals surface area contributed by atoms with Crippen LogP contribution in [0.1, 0.15) is 5.69 Å². The molecule has 3 N–H and O–H groups in total. The highest BCUT2D eigenvalue weighted by Crippen LogP contribution is 2.27. The van der Waals surface area contributed by atoms with Crippen LogP contribution in [0.4, 0.5) is 0 Å². The van der Waals surface area contributed by atoms with Gasteiger partial charge in [-0.25, -0.2) is 4.98 Å². The van der Waals surface area contributed by atoms with Crippen molar-refractivity contribution in [3.8, 4) is 17.0 Å². The molecule has 0 unspecified atom stereocenters. The monoisotopic (exact) mass is 227 g/mol. The molecule has 0 radical (unpaired) electrons. The summed E-state index contributed by atoms with van der Waals surface area (Å²) < 4.78 is 5.26. The number of amidine groups is 1. The van der Waals surface area contributed by atoms with Crippen LogP contribution in [-0.2, 0) is 0 Å². The van der Waals surface area contributed by atoms with Crippen molar-refractivity contribution in [2.24, 2.45) is 5.73 Å². The van der Waals surface area contributed by atoms with Crippen molar-refractivity contribution in [1.82, 2.24) is 4.98 Å². The number of aromatic nitrogens is 1. The molecule has 0 aliphatic rings. The number of hydrogen-bond acceptors (Lipinski definition) is 3. The fourth-order valence-electron chi connectivity index (χ4n) is 1.56. The minimum Gasteiger partial charge on any atom is -0.494 e. The third-order valence-corrected chi connectivity index (χ3v) is 2.40. The lowest BCUT2D eigenvalue weighted by Gasteiger charge is -2.09. The normalized spacial score (nSPS) is 9.94. The zero-order valence-corrected chi connectivity index (χ0v) is 9.47. The summed E-state index contributed by atoms with van der Waals surface area (Å²) in [6, 6.07) is 13.1. The zero-order chi connectivity index (χ0) is 12.3. The quantitative estimate of drug-likeness (QED) is 0.622. The number of ether oxygens (including phenoxy) is 1. The van der Waals surface area contributed by atoms with Gasteiger partial charge in [0.05, 0.1) is 7.11 Å². The average Bonchev–Trinajstić information content (AvgIpc) is 2.39. The van der Waals surface area contributed by atoms with Crippen molar-refractivity contribution in [3.05, 3.63) is 48.2 Å². The summed E-state index contributed by atoms with van der Waals surface area (Å²) in [6.45, 7) is 0. The lowest BCUT2D eigenvalue weighted by molar-refractivity contribution is 0.415. The highest BCUT2D eigenvalue weighted by atomic mass is 16.5. The lowest BCUT2D eigenvalue weighted by Crippen LogP contribution is -2.13. The van der Waals surface area contributed by atoms with Gasteiger partial charge < -0.3 is 10.5 Å². The maximum atomic E-state index is 7.40. The van der Waals surface area contributed by atoms with E-state index in [9.17, 15) is 0 Å². The van der Waals surface area contributed by atoms with Gasteiger partial charge in [-0.1, -0.05) is 30.3 Å². The van der Waals surface area contributed by atoms with E-state index in [0.29, 0.717) is 17.1 Å². The standard InChI is InChI=1S/C13H13N3O/c1-17-11-8-7-10(13(14)15)16-12(11)9-5-3-2-4-6-9/h2-8H,1H3,(H3,14,15). The zero-order valence-electron chi connectivity index (χ0n) is 9.47. The number of benzene rings is 1. The summed E-state index contributed by atoms with van der Waals surface area (Å²) in [7, 11) is 1.59. The van der Waals surface area contributed by atoms with Crippen molar-refractivity contribution in [2.75, 3.05) is 7.11 Å². The minimum atomic E-state index is -0.0511. The van der Waals surface area contributed by atoms with Crippen LogP contribution >= 0.6 is 0 Å². The van der Waals surface area contributed by atoms with E-state index in [1.165, 1.54) is 0 Å². The Hall–Kier alpha value is -2.36. The number of nitrogens with one attached hydrogen (secondary N) is 1. The van der Waals surface area contributed by atoms with E-state index in [-0.39, 0.29) is 5.84 Å². The van der Waals surface area contributed by atoms with Crippen LogP contribution in [0.2, 0.25) is 0 Å². The van der Waals surface area contributed by atoms with Gasteiger partial charge in [0.1, 0.15) is 23.0 Å². The molecule has 17 heavy (non-hydrogen) atoms. The van der Waals surface area contributed by atoms with Crippen LogP contribution in [0, 0.1) is 5.41 Å². The summed E-state index contributed by atoms with van der Waals surface area (Å²) in [5, 5.41) is 7.40. The van der Waals surface area contributed by atoms with Crippen LogP contribution in [-0.4, -0.2) is 17.9 Å². The Morgan fingerprint density at radius 1 is 1.18 bits per heavy atom. The van der Waals surface area contributed by atoms with Gasteiger partial charge in [-0.15, -0.1) is 0 Å². The van der Waals surface area contributed by atoms with Crippen molar-refractivity contribution in [2.45, 2.75) is 0 Å². The summed E-state index contributed by atoms with van der Waals surface area (Å²) in [5.41, 5.74) is 7.51. The molecule has 0 saturated carbocycles. The molecule has 0 saturated heterocycles. The van der Waals surface area contributed by atoms with Crippen molar-refractivity contribution >= 4 is 5.84 Å². The molecule has 4 nitrogen and oxygen atoms in total. The van der Waals surface area contributed by atoms with Crippen LogP contribution in [0.25, 0.3) is 11.3 Å². The molecule has 1 aromatic carbocycles. The lowest BCUT2D eigenvalue weighted by atomic mass is 10.1. The Labute approximate surface area is 99.6 Å². The van der Waals surface area contributed by atoms with E-state index in [1.54, 1.807) is 19.2 Å². The van der Waals surface area contributed by atoms with E-state index in [1.807, 2.05) is 30.3 Å². The molecule has 0 aliphatic carbocycles. The van der Waals surface area contributed by atoms with Crippen LogP contribution in [0.3, 0.4) is 0 Å². The number of nitrogens with two attached hydrogens (primary N) is 1. The summed E-state index contributed by atoms with van der Waals surface area (Å²) in [6.07, 6.45) is 0. The number of methoxy groups -OCH3 is 1. The molecule has 2 aromatic rings. The second-order valence-corrected chi connectivity index (χ2v) is 3.53. The Balaban J connectivity index is 2.58. The molecule has 0 aliphatic heterocycles. The fraction of sp³-hybridized carbons (Fsp3) is 0.0769. The summed E-state index contributed by atoms with van der Waals surface area (Å²) >= 11 is 0. The van der Waals surface area contributed by atoms with E-state index in [2.05, 4.69) is 4.98 Å². The van der Waals surface area contributed by atoms with Crippen molar-refractivity contribution in [1.29, 1.82) is 5.41 Å². The first-order valence-electron chi connectivity index (χ1n) is 5.17. The summed E-state index contributed by atoms with van der Waals surface area (Å²) in [4.78, 5) is 4.34. The number of rotatable bonds is 3. The molecule has 0 atom stereocenters. The molecule has 0 amide bonds. The van der Waals surface area contributed by atoms with Crippen LogP contribution < -0.4 is 10.5 Å². The van der Waals surface area contributed by atoms with Crippen molar-refractivity contribution < 1.29 is 4.74 Å². The van der Waals surface area contributed by atoms with Crippen LogP contribution in [0.15, 0.2) is 42.5 Å². The largest absolute Gasteiger partial charge is 0.494 e. The van der Waals surface area contributed by atoms with Gasteiger partial charge in [0.2, 0.25) is 0 Å². The highest BCUT2D eigenvalue weighted by Gasteiger charge is 2.09. The number of hydrogen-bond donors (Lipinski definition) is 2. The molecule has 86 valence electrons. The first-order chi connectivity index (χ1) is 8.22. The molecule has 0 bridgehead atoms. The van der Waals surface area contributed by atoms with E-state index in [4.69, 9.17) is 15.9 Å². The first kappa shape index (κ1) is 11.1. The molecule has 0 spiro atoms. The maximum Gasteiger partial charge on any atom is 0.145 e. The van der Waals surface area contributed by atoms with E-state index >= 15 is 0 Å². The predicted octanol–water partition coefficient (Wildman–Crippen LogP) is 2.04. The summed E-state index contributed by atoms with van der Waals surface area (Å²) in [5.74, 6) is 0.617. The minimum absolute atomic E-state index is 0.0511. The van der Waals surface area contributed by atoms with Gasteiger partial charge in [0.15, 0.2) is 0 Å². The molecule has 4 heteroatoms. The molecular formula is C13H13N3O. The first-order valence-corrected chi connectivity index (χ1v) is 5.17. The molecule has 0 fully saturated rings. The van der Waals surface area contributed by atoms with Crippen LogP contribution in [0.5, 0.6) is 5.75 Å². The Morgan fingerprint density at radius 3 is 2.47 bits per heavy atom. The SMILES string of the molecule is COc1ccc(C(=N)N)nc1-c1ccccc1. The Bertz CT molecular complexity index is 538. The average molecular weight is 227 g/mol. The molecule has 1 heterocycles. The molecule has 2 rings (SSSR count). The fourth-order valence-corrected chi connectivity index (χ4v) is 1.56.